The second kappa shape index (κ2) is 7.64. The summed E-state index contributed by atoms with van der Waals surface area (Å²) in [7, 11) is 0. The summed E-state index contributed by atoms with van der Waals surface area (Å²) in [6.07, 6.45) is 14.0. The van der Waals surface area contributed by atoms with Crippen LogP contribution in [0.1, 0.15) is 112 Å². The summed E-state index contributed by atoms with van der Waals surface area (Å²) in [5.74, 6) is 4.42. The van der Waals surface area contributed by atoms with Crippen LogP contribution in [0.2, 0.25) is 0 Å². The second-order valence-corrected chi connectivity index (χ2v) is 12.5. The molecular weight excluding hydrogens is 356 g/mol. The molecule has 0 spiro atoms. The average Bonchev–Trinajstić information content (AvgIpc) is 3.01. The van der Waals surface area contributed by atoms with Crippen molar-refractivity contribution in [3.63, 3.8) is 0 Å². The summed E-state index contributed by atoms with van der Waals surface area (Å²) in [5.41, 5.74) is -0.783. The number of hydrogen-bond donors (Lipinski definition) is 1. The van der Waals surface area contributed by atoms with Crippen LogP contribution >= 0.6 is 0 Å². The van der Waals surface area contributed by atoms with E-state index in [9.17, 15) is 9.90 Å². The van der Waals surface area contributed by atoms with Crippen LogP contribution in [0.4, 0.5) is 0 Å². The van der Waals surface area contributed by atoms with Crippen LogP contribution in [0.15, 0.2) is 0 Å². The lowest BCUT2D eigenvalue weighted by Gasteiger charge is -2.62. The molecule has 8 atom stereocenters. The van der Waals surface area contributed by atoms with Crippen molar-refractivity contribution in [1.29, 1.82) is 0 Å². The number of carbonyl (C=O) groups excluding carboxylic acids is 1. The molecule has 166 valence electrons. The number of carbonyl (C=O) groups is 1. The van der Waals surface area contributed by atoms with E-state index in [2.05, 4.69) is 34.6 Å². The van der Waals surface area contributed by atoms with Crippen LogP contribution < -0.4 is 0 Å². The quantitative estimate of drug-likeness (QED) is 0.549. The van der Waals surface area contributed by atoms with Gasteiger partial charge in [0.2, 0.25) is 0 Å². The number of Topliss-reactive ketones (excluding diaryl/α,β-unsaturated/α-hetero) is 1. The normalized spacial score (nSPS) is 48.2. The van der Waals surface area contributed by atoms with E-state index in [0.717, 1.165) is 30.6 Å². The summed E-state index contributed by atoms with van der Waals surface area (Å²) in [6.45, 7) is 12.1. The predicted molar refractivity (Wildman–Crippen MR) is 120 cm³/mol. The van der Waals surface area contributed by atoms with Crippen LogP contribution in [-0.4, -0.2) is 16.5 Å². The Balaban J connectivity index is 1.53. The number of fused-ring (bicyclic) bond motifs is 5. The van der Waals surface area contributed by atoms with Crippen molar-refractivity contribution >= 4 is 5.78 Å². The summed E-state index contributed by atoms with van der Waals surface area (Å²) in [4.78, 5) is 13.3. The summed E-state index contributed by atoms with van der Waals surface area (Å²) >= 11 is 0. The van der Waals surface area contributed by atoms with Gasteiger partial charge in [-0.1, -0.05) is 66.7 Å². The molecule has 8 unspecified atom stereocenters. The highest BCUT2D eigenvalue weighted by Crippen LogP contribution is 2.68. The van der Waals surface area contributed by atoms with Crippen molar-refractivity contribution in [2.45, 2.75) is 117 Å². The van der Waals surface area contributed by atoms with Crippen molar-refractivity contribution < 1.29 is 9.90 Å². The number of ketones is 1. The number of hydrogen-bond acceptors (Lipinski definition) is 2. The molecule has 4 rings (SSSR count). The molecular formula is C27H46O2. The predicted octanol–water partition coefficient (Wildman–Crippen LogP) is 6.79. The van der Waals surface area contributed by atoms with Gasteiger partial charge in [-0.2, -0.15) is 0 Å². The molecule has 4 aliphatic carbocycles. The Kier molecular flexibility index (Phi) is 5.76. The highest BCUT2D eigenvalue weighted by Gasteiger charge is 2.66. The van der Waals surface area contributed by atoms with E-state index in [1.807, 2.05) is 0 Å². The molecule has 0 aromatic rings. The Morgan fingerprint density at radius 3 is 2.41 bits per heavy atom. The Labute approximate surface area is 179 Å². The smallest absolute Gasteiger partial charge is 0.165 e. The highest BCUT2D eigenvalue weighted by atomic mass is 16.3. The van der Waals surface area contributed by atoms with Crippen molar-refractivity contribution in [3.8, 4) is 0 Å². The lowest BCUT2D eigenvalue weighted by atomic mass is 9.43. The van der Waals surface area contributed by atoms with Gasteiger partial charge in [0.1, 0.15) is 5.60 Å². The summed E-state index contributed by atoms with van der Waals surface area (Å²) in [6, 6.07) is 0. The minimum absolute atomic E-state index is 0.173. The third kappa shape index (κ3) is 3.26. The van der Waals surface area contributed by atoms with Crippen LogP contribution in [0.25, 0.3) is 0 Å². The van der Waals surface area contributed by atoms with Gasteiger partial charge in [0.15, 0.2) is 5.78 Å². The van der Waals surface area contributed by atoms with Gasteiger partial charge in [-0.3, -0.25) is 4.79 Å². The zero-order valence-electron chi connectivity index (χ0n) is 19.8. The first-order chi connectivity index (χ1) is 13.6. The molecule has 0 radical (unpaired) electrons. The first kappa shape index (κ1) is 21.8. The van der Waals surface area contributed by atoms with E-state index in [1.54, 1.807) is 0 Å². The fourth-order valence-electron chi connectivity index (χ4n) is 9.09. The molecule has 0 saturated heterocycles. The molecule has 0 aliphatic heterocycles. The topological polar surface area (TPSA) is 37.3 Å². The van der Waals surface area contributed by atoms with Gasteiger partial charge in [0.05, 0.1) is 0 Å². The minimum atomic E-state index is -1.03. The van der Waals surface area contributed by atoms with Crippen LogP contribution in [0.3, 0.4) is 0 Å². The lowest BCUT2D eigenvalue weighted by Crippen LogP contribution is -2.65. The Morgan fingerprint density at radius 2 is 1.69 bits per heavy atom. The molecule has 0 amide bonds. The highest BCUT2D eigenvalue weighted by molar-refractivity contribution is 5.89. The first-order valence-electron chi connectivity index (χ1n) is 12.9. The third-order valence-corrected chi connectivity index (χ3v) is 10.8. The van der Waals surface area contributed by atoms with E-state index in [1.165, 1.54) is 51.4 Å². The van der Waals surface area contributed by atoms with Gasteiger partial charge in [-0.25, -0.2) is 0 Å². The molecule has 0 aromatic carbocycles. The third-order valence-electron chi connectivity index (χ3n) is 10.8. The molecule has 0 bridgehead atoms. The lowest BCUT2D eigenvalue weighted by molar-refractivity contribution is -0.203. The van der Waals surface area contributed by atoms with Gasteiger partial charge in [0, 0.05) is 11.8 Å². The van der Waals surface area contributed by atoms with Gasteiger partial charge in [0.25, 0.3) is 0 Å². The van der Waals surface area contributed by atoms with Crippen molar-refractivity contribution in [1.82, 2.24) is 0 Å². The first-order valence-corrected chi connectivity index (χ1v) is 12.9. The Morgan fingerprint density at radius 1 is 0.966 bits per heavy atom. The van der Waals surface area contributed by atoms with Crippen molar-refractivity contribution in [2.75, 3.05) is 0 Å². The summed E-state index contributed by atoms with van der Waals surface area (Å²) in [5, 5.41) is 11.5. The standard InChI is InChI=1S/C27H46O2/c1-18(2)9-8-10-19(3)21-11-12-22-20-17-24(28)27(29)15-7-6-14-26(27,5)23(20)13-16-25(21,22)4/h18-23,29H,6-17H2,1-5H3. The van der Waals surface area contributed by atoms with E-state index in [4.69, 9.17) is 0 Å². The van der Waals surface area contributed by atoms with E-state index < -0.39 is 5.60 Å². The van der Waals surface area contributed by atoms with Crippen molar-refractivity contribution in [2.24, 2.45) is 46.3 Å². The average molecular weight is 403 g/mol. The Bertz CT molecular complexity index is 626. The van der Waals surface area contributed by atoms with Crippen LogP contribution in [0.5, 0.6) is 0 Å². The molecule has 0 aromatic heterocycles. The zero-order valence-corrected chi connectivity index (χ0v) is 19.8. The molecule has 29 heavy (non-hydrogen) atoms. The molecule has 1 N–H and O–H groups in total. The molecule has 4 fully saturated rings. The van der Waals surface area contributed by atoms with Crippen LogP contribution in [0, 0.1) is 46.3 Å². The Hall–Kier alpha value is -0.370. The van der Waals surface area contributed by atoms with E-state index >= 15 is 0 Å². The number of rotatable bonds is 5. The van der Waals surface area contributed by atoms with Crippen LogP contribution in [-0.2, 0) is 4.79 Å². The fourth-order valence-corrected chi connectivity index (χ4v) is 9.09. The minimum Gasteiger partial charge on any atom is -0.381 e. The molecule has 4 saturated carbocycles. The zero-order chi connectivity index (χ0) is 21.0. The van der Waals surface area contributed by atoms with E-state index in [0.29, 0.717) is 36.0 Å². The molecule has 2 heteroatoms. The van der Waals surface area contributed by atoms with Gasteiger partial charge >= 0.3 is 0 Å². The largest absolute Gasteiger partial charge is 0.381 e. The fraction of sp³-hybridized carbons (Fsp3) is 0.963. The summed E-state index contributed by atoms with van der Waals surface area (Å²) < 4.78 is 0. The number of aliphatic hydroxyl groups is 1. The maximum atomic E-state index is 13.3. The van der Waals surface area contributed by atoms with E-state index in [-0.39, 0.29) is 11.2 Å². The van der Waals surface area contributed by atoms with Gasteiger partial charge < -0.3 is 5.11 Å². The van der Waals surface area contributed by atoms with Gasteiger partial charge in [-0.05, 0) is 79.4 Å². The SMILES string of the molecule is CC(C)CCCC(C)C1CCC2C3CC(=O)C4(O)CCCCC4(C)C3CCC12C. The monoisotopic (exact) mass is 402 g/mol. The maximum absolute atomic E-state index is 13.3. The maximum Gasteiger partial charge on any atom is 0.165 e. The van der Waals surface area contributed by atoms with Crippen molar-refractivity contribution in [3.05, 3.63) is 0 Å². The molecule has 0 heterocycles. The molecule has 2 nitrogen and oxygen atoms in total. The van der Waals surface area contributed by atoms with Gasteiger partial charge in [-0.15, -0.1) is 0 Å². The second-order valence-electron chi connectivity index (χ2n) is 12.5. The molecule has 4 aliphatic rings.